The van der Waals surface area contributed by atoms with Crippen molar-refractivity contribution in [2.24, 2.45) is 5.11 Å². The lowest BCUT2D eigenvalue weighted by atomic mass is 10.0. The third-order valence-corrected chi connectivity index (χ3v) is 4.85. The molecule has 3 rings (SSSR count). The van der Waals surface area contributed by atoms with Gasteiger partial charge in [-0.3, -0.25) is 0 Å². The van der Waals surface area contributed by atoms with E-state index in [0.717, 1.165) is 38.8 Å². The van der Waals surface area contributed by atoms with Crippen LogP contribution in [0.1, 0.15) is 52.4 Å². The summed E-state index contributed by atoms with van der Waals surface area (Å²) in [5.41, 5.74) is 8.76. The van der Waals surface area contributed by atoms with Gasteiger partial charge in [-0.05, 0) is 63.0 Å². The zero-order chi connectivity index (χ0) is 16.2. The maximum atomic E-state index is 8.76. The number of piperidine rings is 2. The standard InChI is InChI=1S/C15H24N8/c1-11-7-3-5-9-22(11)14-17-13(20-21-16)18-15(19-14)23-10-6-4-8-12(23)2/h11-12H,3-10H2,1-2H3/t11-,12-/m0/s1. The molecule has 1 aromatic rings. The largest absolute Gasteiger partial charge is 0.338 e. The Hall–Kier alpha value is -2.08. The lowest BCUT2D eigenvalue weighted by Gasteiger charge is -2.36. The Morgan fingerprint density at radius 3 is 1.87 bits per heavy atom. The zero-order valence-electron chi connectivity index (χ0n) is 13.9. The van der Waals surface area contributed by atoms with Crippen molar-refractivity contribution in [2.75, 3.05) is 22.9 Å². The molecule has 2 fully saturated rings. The molecule has 0 bridgehead atoms. The van der Waals surface area contributed by atoms with Crippen LogP contribution in [0.3, 0.4) is 0 Å². The summed E-state index contributed by atoms with van der Waals surface area (Å²) in [5, 5.41) is 3.63. The Balaban J connectivity index is 1.97. The number of anilines is 2. The lowest BCUT2D eigenvalue weighted by Crippen LogP contribution is -2.41. The molecule has 0 aromatic carbocycles. The number of aromatic nitrogens is 3. The van der Waals surface area contributed by atoms with E-state index in [0.29, 0.717) is 24.0 Å². The van der Waals surface area contributed by atoms with Gasteiger partial charge < -0.3 is 9.80 Å². The van der Waals surface area contributed by atoms with Gasteiger partial charge in [0, 0.05) is 30.1 Å². The molecule has 0 aliphatic carbocycles. The third-order valence-electron chi connectivity index (χ3n) is 4.85. The van der Waals surface area contributed by atoms with E-state index in [-0.39, 0.29) is 5.95 Å². The molecule has 0 spiro atoms. The molecular formula is C15H24N8. The Morgan fingerprint density at radius 2 is 1.43 bits per heavy atom. The van der Waals surface area contributed by atoms with Crippen molar-refractivity contribution in [3.63, 3.8) is 0 Å². The van der Waals surface area contributed by atoms with Crippen molar-refractivity contribution in [1.29, 1.82) is 0 Å². The van der Waals surface area contributed by atoms with Crippen LogP contribution in [-0.2, 0) is 0 Å². The number of azide groups is 1. The summed E-state index contributed by atoms with van der Waals surface area (Å²) >= 11 is 0. The van der Waals surface area contributed by atoms with Crippen LogP contribution in [-0.4, -0.2) is 40.1 Å². The minimum atomic E-state index is 0.169. The first-order chi connectivity index (χ1) is 11.2. The normalized spacial score (nSPS) is 25.1. The molecule has 8 heteroatoms. The first-order valence-electron chi connectivity index (χ1n) is 8.53. The second kappa shape index (κ2) is 7.00. The molecule has 0 amide bonds. The minimum Gasteiger partial charge on any atom is -0.338 e. The lowest BCUT2D eigenvalue weighted by molar-refractivity contribution is 0.467. The van der Waals surface area contributed by atoms with Crippen molar-refractivity contribution < 1.29 is 0 Å². The van der Waals surface area contributed by atoms with E-state index in [1.54, 1.807) is 0 Å². The van der Waals surface area contributed by atoms with E-state index in [1.165, 1.54) is 12.8 Å². The van der Waals surface area contributed by atoms with E-state index in [9.17, 15) is 0 Å². The fourth-order valence-corrected chi connectivity index (χ4v) is 3.48. The van der Waals surface area contributed by atoms with Gasteiger partial charge in [0.2, 0.25) is 17.8 Å². The van der Waals surface area contributed by atoms with Gasteiger partial charge in [-0.2, -0.15) is 15.0 Å². The van der Waals surface area contributed by atoms with E-state index >= 15 is 0 Å². The molecule has 3 heterocycles. The molecule has 8 nitrogen and oxygen atoms in total. The Morgan fingerprint density at radius 1 is 0.913 bits per heavy atom. The Kier molecular flexibility index (Phi) is 4.81. The molecule has 0 unspecified atom stereocenters. The van der Waals surface area contributed by atoms with Gasteiger partial charge in [-0.15, -0.1) is 0 Å². The molecule has 23 heavy (non-hydrogen) atoms. The molecular weight excluding hydrogens is 292 g/mol. The fraction of sp³-hybridized carbons (Fsp3) is 0.800. The number of hydrogen-bond donors (Lipinski definition) is 0. The molecule has 124 valence electrons. The SMILES string of the molecule is C[C@H]1CCCCN1c1nc(N=[N+]=[N-])nc(N2CCCC[C@@H]2C)n1. The van der Waals surface area contributed by atoms with Crippen LogP contribution < -0.4 is 9.80 Å². The minimum absolute atomic E-state index is 0.169. The maximum Gasteiger partial charge on any atom is 0.230 e. The predicted octanol–water partition coefficient (Wildman–Crippen LogP) is 3.57. The van der Waals surface area contributed by atoms with Gasteiger partial charge in [-0.25, -0.2) is 0 Å². The van der Waals surface area contributed by atoms with Crippen LogP contribution in [0.2, 0.25) is 0 Å². The summed E-state index contributed by atoms with van der Waals surface area (Å²) in [4.78, 5) is 20.7. The highest BCUT2D eigenvalue weighted by Crippen LogP contribution is 2.27. The third kappa shape index (κ3) is 3.47. The van der Waals surface area contributed by atoms with Crippen LogP contribution in [0.5, 0.6) is 0 Å². The van der Waals surface area contributed by atoms with Crippen LogP contribution in [0, 0.1) is 0 Å². The smallest absolute Gasteiger partial charge is 0.230 e. The average molecular weight is 316 g/mol. The molecule has 2 aliphatic heterocycles. The van der Waals surface area contributed by atoms with E-state index in [2.05, 4.69) is 43.6 Å². The summed E-state index contributed by atoms with van der Waals surface area (Å²) in [6.45, 7) is 6.27. The van der Waals surface area contributed by atoms with Gasteiger partial charge in [0.05, 0.1) is 0 Å². The van der Waals surface area contributed by atoms with Crippen molar-refractivity contribution in [3.8, 4) is 0 Å². The molecule has 2 atom stereocenters. The summed E-state index contributed by atoms with van der Waals surface area (Å²) in [7, 11) is 0. The van der Waals surface area contributed by atoms with Crippen LogP contribution in [0.4, 0.5) is 17.8 Å². The molecule has 1 aromatic heterocycles. The predicted molar refractivity (Wildman–Crippen MR) is 90.0 cm³/mol. The van der Waals surface area contributed by atoms with Crippen LogP contribution in [0.15, 0.2) is 5.11 Å². The van der Waals surface area contributed by atoms with Gasteiger partial charge in [0.25, 0.3) is 0 Å². The van der Waals surface area contributed by atoms with Gasteiger partial charge in [-0.1, -0.05) is 0 Å². The summed E-state index contributed by atoms with van der Waals surface area (Å²) in [6.07, 6.45) is 7.03. The maximum absolute atomic E-state index is 8.76. The van der Waals surface area contributed by atoms with E-state index in [1.807, 2.05) is 0 Å². The highest BCUT2D eigenvalue weighted by atomic mass is 15.4. The van der Waals surface area contributed by atoms with Gasteiger partial charge in [0.1, 0.15) is 0 Å². The summed E-state index contributed by atoms with van der Waals surface area (Å²) in [6, 6.07) is 0.799. The highest BCUT2D eigenvalue weighted by molar-refractivity contribution is 5.45. The summed E-state index contributed by atoms with van der Waals surface area (Å²) in [5.74, 6) is 1.45. The van der Waals surface area contributed by atoms with Crippen LogP contribution in [0.25, 0.3) is 10.4 Å². The molecule has 2 aliphatic rings. The zero-order valence-corrected chi connectivity index (χ0v) is 13.9. The molecule has 0 radical (unpaired) electrons. The van der Waals surface area contributed by atoms with Crippen LogP contribution >= 0.6 is 0 Å². The van der Waals surface area contributed by atoms with Crippen molar-refractivity contribution in [3.05, 3.63) is 10.4 Å². The van der Waals surface area contributed by atoms with Gasteiger partial charge >= 0.3 is 0 Å². The molecule has 2 saturated heterocycles. The first kappa shape index (κ1) is 15.8. The van der Waals surface area contributed by atoms with E-state index in [4.69, 9.17) is 10.5 Å². The average Bonchev–Trinajstić information content (AvgIpc) is 2.56. The monoisotopic (exact) mass is 316 g/mol. The van der Waals surface area contributed by atoms with Crippen molar-refractivity contribution in [1.82, 2.24) is 15.0 Å². The first-order valence-corrected chi connectivity index (χ1v) is 8.53. The quantitative estimate of drug-likeness (QED) is 0.482. The topological polar surface area (TPSA) is 93.9 Å². The molecule has 0 N–H and O–H groups in total. The molecule has 0 saturated carbocycles. The van der Waals surface area contributed by atoms with Gasteiger partial charge in [0.15, 0.2) is 0 Å². The number of nitrogens with zero attached hydrogens (tertiary/aromatic N) is 8. The van der Waals surface area contributed by atoms with E-state index < -0.39 is 0 Å². The number of hydrogen-bond acceptors (Lipinski definition) is 6. The second-order valence-electron chi connectivity index (χ2n) is 6.50. The number of rotatable bonds is 3. The highest BCUT2D eigenvalue weighted by Gasteiger charge is 2.25. The second-order valence-corrected chi connectivity index (χ2v) is 6.50. The fourth-order valence-electron chi connectivity index (χ4n) is 3.48. The summed E-state index contributed by atoms with van der Waals surface area (Å²) < 4.78 is 0. The van der Waals surface area contributed by atoms with Crippen molar-refractivity contribution >= 4 is 17.8 Å². The Labute approximate surface area is 136 Å². The Bertz CT molecular complexity index is 557. The van der Waals surface area contributed by atoms with Crippen molar-refractivity contribution in [2.45, 2.75) is 64.5 Å².